The number of benzene rings is 1. The van der Waals surface area contributed by atoms with Crippen LogP contribution in [0, 0.1) is 52.3 Å². The summed E-state index contributed by atoms with van der Waals surface area (Å²) >= 11 is 0. The van der Waals surface area contributed by atoms with Crippen LogP contribution < -0.4 is 0 Å². The van der Waals surface area contributed by atoms with Crippen molar-refractivity contribution in [3.05, 3.63) is 35.9 Å². The van der Waals surface area contributed by atoms with E-state index in [2.05, 4.69) is 98.8 Å². The van der Waals surface area contributed by atoms with E-state index in [0.29, 0.717) is 58.9 Å². The van der Waals surface area contributed by atoms with Crippen LogP contribution in [0.3, 0.4) is 0 Å². The van der Waals surface area contributed by atoms with Gasteiger partial charge in [0.05, 0.1) is 12.7 Å². The van der Waals surface area contributed by atoms with Crippen molar-refractivity contribution < 1.29 is 14.0 Å². The number of hydrogen-bond donors (Lipinski definition) is 0. The maximum atomic E-state index is 12.7. The minimum absolute atomic E-state index is 0.247. The molecule has 0 amide bonds. The second kappa shape index (κ2) is 12.9. The minimum Gasteiger partial charge on any atom is -0.414 e. The molecule has 0 aromatic heterocycles. The largest absolute Gasteiger partial charge is 0.414 e. The lowest BCUT2D eigenvalue weighted by molar-refractivity contribution is -0.185. The molecule has 4 aliphatic rings. The van der Waals surface area contributed by atoms with Gasteiger partial charge in [0.1, 0.15) is 5.78 Å². The molecule has 3 nitrogen and oxygen atoms in total. The summed E-state index contributed by atoms with van der Waals surface area (Å²) in [6.45, 7) is 25.2. The molecule has 4 heteroatoms. The van der Waals surface area contributed by atoms with Crippen molar-refractivity contribution in [2.45, 2.75) is 157 Å². The van der Waals surface area contributed by atoms with Crippen molar-refractivity contribution in [1.29, 1.82) is 0 Å². The van der Waals surface area contributed by atoms with Crippen LogP contribution in [0.5, 0.6) is 0 Å². The first-order valence-corrected chi connectivity index (χ1v) is 21.3. The monoisotopic (exact) mass is 622 g/mol. The highest BCUT2D eigenvalue weighted by Gasteiger charge is 2.63. The van der Waals surface area contributed by atoms with Gasteiger partial charge < -0.3 is 9.16 Å². The molecule has 0 aliphatic heterocycles. The van der Waals surface area contributed by atoms with Gasteiger partial charge in [-0.3, -0.25) is 4.79 Å². The average molecular weight is 623 g/mol. The zero-order chi connectivity index (χ0) is 32.1. The first kappa shape index (κ1) is 34.4. The lowest BCUT2D eigenvalue weighted by atomic mass is 9.43. The summed E-state index contributed by atoms with van der Waals surface area (Å²) in [5, 5.41) is 0.247. The van der Waals surface area contributed by atoms with Crippen LogP contribution in [-0.4, -0.2) is 26.3 Å². The van der Waals surface area contributed by atoms with Gasteiger partial charge in [-0.15, -0.1) is 0 Å². The minimum atomic E-state index is -1.80. The molecule has 1 unspecified atom stereocenters. The summed E-state index contributed by atoms with van der Waals surface area (Å²) in [5.74, 6) is 5.06. The van der Waals surface area contributed by atoms with E-state index in [1.165, 1.54) is 44.1 Å². The summed E-state index contributed by atoms with van der Waals surface area (Å²) in [6, 6.07) is 10.7. The second-order valence-electron chi connectivity index (χ2n) is 18.3. The van der Waals surface area contributed by atoms with Crippen LogP contribution in [0.25, 0.3) is 0 Å². The highest BCUT2D eigenvalue weighted by molar-refractivity contribution is 6.74. The van der Waals surface area contributed by atoms with Crippen molar-refractivity contribution in [1.82, 2.24) is 0 Å². The zero-order valence-electron chi connectivity index (χ0n) is 30.1. The molecule has 0 radical (unpaired) electrons. The topological polar surface area (TPSA) is 35.5 Å². The Morgan fingerprint density at radius 3 is 2.27 bits per heavy atom. The Morgan fingerprint density at radius 1 is 0.932 bits per heavy atom. The Hall–Kier alpha value is -0.973. The summed E-state index contributed by atoms with van der Waals surface area (Å²) in [5.41, 5.74) is 1.95. The van der Waals surface area contributed by atoms with Gasteiger partial charge in [0.2, 0.25) is 0 Å². The van der Waals surface area contributed by atoms with Crippen LogP contribution in [-0.2, 0) is 20.6 Å². The van der Waals surface area contributed by atoms with Crippen LogP contribution in [0.4, 0.5) is 0 Å². The predicted octanol–water partition coefficient (Wildman–Crippen LogP) is 10.9. The number of rotatable bonds is 10. The molecule has 4 fully saturated rings. The molecular weight excluding hydrogens is 557 g/mol. The molecule has 1 aromatic rings. The molecule has 248 valence electrons. The molecule has 44 heavy (non-hydrogen) atoms. The molecule has 0 spiro atoms. The third kappa shape index (κ3) is 6.57. The number of Topliss-reactive ketones (excluding diaryl/α,β-unsaturated/α-hetero) is 1. The number of carbonyl (C=O) groups excluding carboxylic acids is 1. The molecule has 0 N–H and O–H groups in total. The van der Waals surface area contributed by atoms with Gasteiger partial charge in [0, 0.05) is 18.9 Å². The molecule has 4 aliphatic carbocycles. The van der Waals surface area contributed by atoms with Crippen LogP contribution in [0.2, 0.25) is 18.1 Å². The van der Waals surface area contributed by atoms with E-state index >= 15 is 0 Å². The van der Waals surface area contributed by atoms with Crippen LogP contribution in [0.15, 0.2) is 30.3 Å². The molecule has 0 bridgehead atoms. The number of carbonyl (C=O) groups is 1. The molecule has 1 aromatic carbocycles. The molecule has 4 saturated carbocycles. The van der Waals surface area contributed by atoms with E-state index in [1.807, 2.05) is 0 Å². The average Bonchev–Trinajstić information content (AvgIpc) is 3.31. The first-order chi connectivity index (χ1) is 20.6. The van der Waals surface area contributed by atoms with Crippen molar-refractivity contribution >= 4 is 14.1 Å². The summed E-state index contributed by atoms with van der Waals surface area (Å²) in [4.78, 5) is 12.7. The lowest BCUT2D eigenvalue weighted by Gasteiger charge is -2.62. The van der Waals surface area contributed by atoms with E-state index in [0.717, 1.165) is 37.5 Å². The number of fused-ring (bicyclic) bond motifs is 5. The maximum Gasteiger partial charge on any atom is 0.192 e. The van der Waals surface area contributed by atoms with Crippen LogP contribution >= 0.6 is 0 Å². The molecule has 0 saturated heterocycles. The van der Waals surface area contributed by atoms with Gasteiger partial charge >= 0.3 is 0 Å². The summed E-state index contributed by atoms with van der Waals surface area (Å²) < 4.78 is 14.0. The van der Waals surface area contributed by atoms with Gasteiger partial charge in [-0.1, -0.05) is 85.7 Å². The van der Waals surface area contributed by atoms with E-state index in [4.69, 9.17) is 9.16 Å². The van der Waals surface area contributed by atoms with Crippen molar-refractivity contribution in [2.75, 3.05) is 0 Å². The molecule has 10 atom stereocenters. The van der Waals surface area contributed by atoms with E-state index in [1.54, 1.807) is 0 Å². The van der Waals surface area contributed by atoms with Gasteiger partial charge in [-0.2, -0.15) is 0 Å². The third-order valence-electron chi connectivity index (χ3n) is 14.4. The molecule has 5 rings (SSSR count). The Balaban J connectivity index is 1.33. The SMILES string of the molecule is CC(C)C(CC[C@@H](C)[C@H]1CC[C@H]2[C@@H]3[C@H](OCc4ccccc4)C[C@H]4CC(=O)CC[C@]4(C)[C@H]3CC[C@]12C)O[Si](C)(C)C(C)(C)C. The molecule has 0 heterocycles. The Bertz CT molecular complexity index is 1120. The Kier molecular flexibility index (Phi) is 10.1. The van der Waals surface area contributed by atoms with Crippen molar-refractivity contribution in [2.24, 2.45) is 52.3 Å². The fourth-order valence-electron chi connectivity index (χ4n) is 10.6. The van der Waals surface area contributed by atoms with E-state index < -0.39 is 8.32 Å². The Morgan fingerprint density at radius 2 is 1.61 bits per heavy atom. The van der Waals surface area contributed by atoms with Crippen molar-refractivity contribution in [3.63, 3.8) is 0 Å². The third-order valence-corrected chi connectivity index (χ3v) is 18.9. The predicted molar refractivity (Wildman–Crippen MR) is 186 cm³/mol. The Labute approximate surface area is 272 Å². The zero-order valence-corrected chi connectivity index (χ0v) is 31.1. The summed E-state index contributed by atoms with van der Waals surface area (Å²) in [7, 11) is -1.80. The standard InChI is InChI=1S/C40H66O3Si/c1-27(2)35(43-44(9,10)38(4,5)6)19-16-28(3)32-17-18-33-37-34(21-23-40(32,33)8)39(7)22-20-31(41)24-30(39)25-36(37)42-26-29-14-12-11-13-15-29/h11-15,27-28,30,32-37H,16-26H2,1-10H3/t28-,30-,32-,33+,34+,35?,36-,37+,39+,40-/m1/s1. The fraction of sp³-hybridized carbons (Fsp3) is 0.825. The first-order valence-electron chi connectivity index (χ1n) is 18.4. The second-order valence-corrected chi connectivity index (χ2v) is 23.0. The fourth-order valence-corrected chi connectivity index (χ4v) is 12.1. The highest BCUT2D eigenvalue weighted by Crippen LogP contribution is 2.68. The number of ether oxygens (including phenoxy) is 1. The van der Waals surface area contributed by atoms with E-state index in [9.17, 15) is 4.79 Å². The van der Waals surface area contributed by atoms with Crippen LogP contribution in [0.1, 0.15) is 125 Å². The van der Waals surface area contributed by atoms with Gasteiger partial charge in [-0.05, 0) is 127 Å². The normalized spacial score (nSPS) is 37.3. The van der Waals surface area contributed by atoms with Crippen molar-refractivity contribution in [3.8, 4) is 0 Å². The highest BCUT2D eigenvalue weighted by atomic mass is 28.4. The smallest absolute Gasteiger partial charge is 0.192 e. The van der Waals surface area contributed by atoms with E-state index in [-0.39, 0.29) is 11.1 Å². The van der Waals surface area contributed by atoms with Gasteiger partial charge in [0.25, 0.3) is 0 Å². The van der Waals surface area contributed by atoms with Gasteiger partial charge in [0.15, 0.2) is 8.32 Å². The summed E-state index contributed by atoms with van der Waals surface area (Å²) in [6.07, 6.45) is 12.2. The lowest BCUT2D eigenvalue weighted by Crippen LogP contribution is -2.59. The number of hydrogen-bond acceptors (Lipinski definition) is 3. The molecular formula is C40H66O3Si. The quantitative estimate of drug-likeness (QED) is 0.244. The maximum absolute atomic E-state index is 12.7. The van der Waals surface area contributed by atoms with Gasteiger partial charge in [-0.25, -0.2) is 0 Å². The number of ketones is 1.